The van der Waals surface area contributed by atoms with Gasteiger partial charge in [-0.25, -0.2) is 0 Å². The van der Waals surface area contributed by atoms with Gasteiger partial charge in [-0.15, -0.1) is 15.0 Å². The highest BCUT2D eigenvalue weighted by Crippen LogP contribution is 2.31. The smallest absolute Gasteiger partial charge is 0.166 e. The zero-order chi connectivity index (χ0) is 16.0. The quantitative estimate of drug-likeness (QED) is 0.514. The first-order valence-corrected chi connectivity index (χ1v) is 6.95. The van der Waals surface area contributed by atoms with Gasteiger partial charge in [0.2, 0.25) is 0 Å². The van der Waals surface area contributed by atoms with Crippen LogP contribution >= 0.6 is 0 Å². The molecule has 0 unspecified atom stereocenters. The van der Waals surface area contributed by atoms with E-state index in [-0.39, 0.29) is 5.52 Å². The number of hydrogen-bond donors (Lipinski definition) is 0. The fourth-order valence-corrected chi connectivity index (χ4v) is 2.58. The highest BCUT2D eigenvalue weighted by Gasteiger charge is 2.30. The first kappa shape index (κ1) is 13.8. The summed E-state index contributed by atoms with van der Waals surface area (Å²) in [5.41, 5.74) is 0.640. The summed E-state index contributed by atoms with van der Waals surface area (Å²) in [6.07, 6.45) is -4.39. The van der Waals surface area contributed by atoms with Crippen LogP contribution in [0.15, 0.2) is 60.7 Å². The number of aromatic nitrogens is 3. The number of benzene rings is 3. The minimum atomic E-state index is -4.39. The lowest BCUT2D eigenvalue weighted by atomic mass is 10.1. The lowest BCUT2D eigenvalue weighted by molar-refractivity contribution is -0.137. The first-order chi connectivity index (χ1) is 11.0. The van der Waals surface area contributed by atoms with Crippen LogP contribution in [0.4, 0.5) is 13.2 Å². The van der Waals surface area contributed by atoms with E-state index < -0.39 is 11.7 Å². The van der Waals surface area contributed by atoms with Crippen LogP contribution in [0.1, 0.15) is 5.56 Å². The lowest BCUT2D eigenvalue weighted by Crippen LogP contribution is -2.04. The van der Waals surface area contributed by atoms with Gasteiger partial charge in [-0.2, -0.15) is 13.2 Å². The summed E-state index contributed by atoms with van der Waals surface area (Å²) in [6.45, 7) is 0. The molecule has 1 aromatic heterocycles. The number of fused-ring (bicyclic) bond motifs is 2. The minimum absolute atomic E-state index is 0.216. The molecule has 0 saturated heterocycles. The molecule has 4 aromatic rings. The van der Waals surface area contributed by atoms with Gasteiger partial charge in [-0.05, 0) is 29.7 Å². The van der Waals surface area contributed by atoms with Crippen molar-refractivity contribution in [1.29, 1.82) is 0 Å². The summed E-state index contributed by atoms with van der Waals surface area (Å²) in [6, 6.07) is 16.8. The molecular weight excluding hydrogens is 303 g/mol. The molecule has 0 bridgehead atoms. The van der Waals surface area contributed by atoms with Crippen LogP contribution in [0.5, 0.6) is 0 Å². The van der Waals surface area contributed by atoms with Crippen LogP contribution in [-0.2, 0) is 6.18 Å². The monoisotopic (exact) mass is 313 g/mol. The Balaban J connectivity index is 1.92. The Bertz CT molecular complexity index is 1010. The second-order valence-corrected chi connectivity index (χ2v) is 5.19. The van der Waals surface area contributed by atoms with Gasteiger partial charge in [0.25, 0.3) is 0 Å². The number of halogens is 3. The number of alkyl halides is 3. The fraction of sp³-hybridized carbons (Fsp3) is 0.0588. The molecule has 0 amide bonds. The van der Waals surface area contributed by atoms with Crippen molar-refractivity contribution in [2.24, 2.45) is 0 Å². The Morgan fingerprint density at radius 1 is 0.783 bits per heavy atom. The van der Waals surface area contributed by atoms with Gasteiger partial charge in [-0.1, -0.05) is 36.4 Å². The van der Waals surface area contributed by atoms with E-state index in [2.05, 4.69) is 10.2 Å². The summed E-state index contributed by atoms with van der Waals surface area (Å²) < 4.78 is 38.4. The van der Waals surface area contributed by atoms with Gasteiger partial charge in [0.05, 0.1) is 11.3 Å². The van der Waals surface area contributed by atoms with Gasteiger partial charge in [0, 0.05) is 5.39 Å². The predicted octanol–water partition coefficient (Wildman–Crippen LogP) is 4.59. The average Bonchev–Trinajstić information content (AvgIpc) is 2.96. The summed E-state index contributed by atoms with van der Waals surface area (Å²) >= 11 is 0. The molecule has 0 aliphatic rings. The molecule has 0 N–H and O–H groups in total. The van der Waals surface area contributed by atoms with Crippen molar-refractivity contribution in [3.63, 3.8) is 0 Å². The molecule has 4 rings (SSSR count). The highest BCUT2D eigenvalue weighted by molar-refractivity contribution is 5.90. The molecule has 6 heteroatoms. The van der Waals surface area contributed by atoms with E-state index in [1.807, 2.05) is 42.5 Å². The summed E-state index contributed by atoms with van der Waals surface area (Å²) in [7, 11) is 0. The van der Waals surface area contributed by atoms with Crippen molar-refractivity contribution >= 4 is 21.8 Å². The molecule has 0 spiro atoms. The zero-order valence-corrected chi connectivity index (χ0v) is 11.7. The SMILES string of the molecule is FC(F)(F)c1ccc2nn(-c3cccc4ccccc34)nc2c1. The summed E-state index contributed by atoms with van der Waals surface area (Å²) in [5, 5.41) is 10.5. The zero-order valence-electron chi connectivity index (χ0n) is 11.7. The Morgan fingerprint density at radius 2 is 1.52 bits per heavy atom. The van der Waals surface area contributed by atoms with Crippen molar-refractivity contribution in [3.05, 3.63) is 66.2 Å². The van der Waals surface area contributed by atoms with E-state index in [0.717, 1.165) is 28.6 Å². The Labute approximate surface area is 129 Å². The van der Waals surface area contributed by atoms with Gasteiger partial charge >= 0.3 is 6.18 Å². The highest BCUT2D eigenvalue weighted by atomic mass is 19.4. The summed E-state index contributed by atoms with van der Waals surface area (Å²) in [4.78, 5) is 1.38. The second kappa shape index (κ2) is 4.81. The van der Waals surface area contributed by atoms with Gasteiger partial charge < -0.3 is 0 Å². The molecule has 0 aliphatic carbocycles. The van der Waals surface area contributed by atoms with Crippen LogP contribution in [0.3, 0.4) is 0 Å². The van der Waals surface area contributed by atoms with Crippen molar-refractivity contribution in [2.45, 2.75) is 6.18 Å². The van der Waals surface area contributed by atoms with Crippen LogP contribution in [0.25, 0.3) is 27.5 Å². The normalized spacial score (nSPS) is 12.1. The maximum atomic E-state index is 12.8. The van der Waals surface area contributed by atoms with Crippen molar-refractivity contribution in [3.8, 4) is 5.69 Å². The molecule has 0 saturated carbocycles. The average molecular weight is 313 g/mol. The van der Waals surface area contributed by atoms with Crippen LogP contribution < -0.4 is 0 Å². The molecule has 3 aromatic carbocycles. The fourth-order valence-electron chi connectivity index (χ4n) is 2.58. The molecule has 114 valence electrons. The number of nitrogens with zero attached hydrogens (tertiary/aromatic N) is 3. The van der Waals surface area contributed by atoms with Crippen molar-refractivity contribution < 1.29 is 13.2 Å². The largest absolute Gasteiger partial charge is 0.416 e. The van der Waals surface area contributed by atoms with Crippen LogP contribution in [-0.4, -0.2) is 15.0 Å². The van der Waals surface area contributed by atoms with E-state index in [0.29, 0.717) is 5.52 Å². The molecule has 0 fully saturated rings. The third-order valence-corrected chi connectivity index (χ3v) is 3.69. The number of hydrogen-bond acceptors (Lipinski definition) is 2. The standard InChI is InChI=1S/C17H10F3N3/c18-17(19,20)12-8-9-14-15(10-12)22-23(21-14)16-7-3-5-11-4-1-2-6-13(11)16/h1-10H. The van der Waals surface area contributed by atoms with Crippen molar-refractivity contribution in [2.75, 3.05) is 0 Å². The van der Waals surface area contributed by atoms with E-state index in [1.165, 1.54) is 10.9 Å². The molecule has 3 nitrogen and oxygen atoms in total. The molecule has 0 aliphatic heterocycles. The molecule has 0 atom stereocenters. The molecular formula is C17H10F3N3. The van der Waals surface area contributed by atoms with Gasteiger partial charge in [0.1, 0.15) is 11.0 Å². The van der Waals surface area contributed by atoms with E-state index in [4.69, 9.17) is 0 Å². The van der Waals surface area contributed by atoms with Gasteiger partial charge in [0.15, 0.2) is 0 Å². The van der Waals surface area contributed by atoms with Gasteiger partial charge in [-0.3, -0.25) is 0 Å². The maximum Gasteiger partial charge on any atom is 0.416 e. The van der Waals surface area contributed by atoms with E-state index >= 15 is 0 Å². The first-order valence-electron chi connectivity index (χ1n) is 6.95. The summed E-state index contributed by atoms with van der Waals surface area (Å²) in [5.74, 6) is 0. The topological polar surface area (TPSA) is 30.7 Å². The predicted molar refractivity (Wildman–Crippen MR) is 81.4 cm³/mol. The Kier molecular flexibility index (Phi) is 2.87. The minimum Gasteiger partial charge on any atom is -0.166 e. The Morgan fingerprint density at radius 3 is 2.35 bits per heavy atom. The maximum absolute atomic E-state index is 12.8. The second-order valence-electron chi connectivity index (χ2n) is 5.19. The third-order valence-electron chi connectivity index (χ3n) is 3.69. The molecule has 1 heterocycles. The van der Waals surface area contributed by atoms with E-state index in [9.17, 15) is 13.2 Å². The van der Waals surface area contributed by atoms with Crippen LogP contribution in [0, 0.1) is 0 Å². The van der Waals surface area contributed by atoms with Crippen molar-refractivity contribution in [1.82, 2.24) is 15.0 Å². The molecule has 0 radical (unpaired) electrons. The Hall–Kier alpha value is -2.89. The van der Waals surface area contributed by atoms with E-state index in [1.54, 1.807) is 0 Å². The number of rotatable bonds is 1. The molecule has 23 heavy (non-hydrogen) atoms. The third kappa shape index (κ3) is 2.32. The van der Waals surface area contributed by atoms with Crippen LogP contribution in [0.2, 0.25) is 0 Å². The lowest BCUT2D eigenvalue weighted by Gasteiger charge is -2.04.